The Bertz CT molecular complexity index is 195. The topological polar surface area (TPSA) is 66.4 Å². The second-order valence-electron chi connectivity index (χ2n) is 2.30. The van der Waals surface area contributed by atoms with E-state index >= 15 is 0 Å². The summed E-state index contributed by atoms with van der Waals surface area (Å²) in [6.07, 6.45) is 0.706. The molecule has 1 saturated heterocycles. The first-order valence-corrected chi connectivity index (χ1v) is 4.60. The van der Waals surface area contributed by atoms with Crippen molar-refractivity contribution in [1.29, 1.82) is 0 Å². The van der Waals surface area contributed by atoms with Crippen molar-refractivity contribution in [1.82, 2.24) is 0 Å². The fourth-order valence-electron chi connectivity index (χ4n) is 0.965. The Morgan fingerprint density at radius 1 is 1.27 bits per heavy atom. The molecule has 0 aliphatic carbocycles. The molecule has 0 unspecified atom stereocenters. The fraction of sp³-hybridized carbons (Fsp3) is 1.00. The first-order chi connectivity index (χ1) is 4.61. The summed E-state index contributed by atoms with van der Waals surface area (Å²) in [6.45, 7) is 0.790. The largest absolute Gasteiger partial charge is 1.00 e. The van der Waals surface area contributed by atoms with Gasteiger partial charge in [-0.05, 0) is 12.8 Å². The van der Waals surface area contributed by atoms with Crippen molar-refractivity contribution >= 4 is 10.1 Å². The third kappa shape index (κ3) is 3.59. The van der Waals surface area contributed by atoms with Crippen LogP contribution in [0.4, 0.5) is 0 Å². The quantitative estimate of drug-likeness (QED) is 0.307. The number of rotatable bonds is 1. The summed E-state index contributed by atoms with van der Waals surface area (Å²) in [6, 6.07) is 0. The zero-order chi connectivity index (χ0) is 7.61. The normalized spacial score (nSPS) is 20.8. The van der Waals surface area contributed by atoms with Crippen LogP contribution in [0.5, 0.6) is 0 Å². The van der Waals surface area contributed by atoms with Gasteiger partial charge < -0.3 is 9.29 Å². The summed E-state index contributed by atoms with van der Waals surface area (Å²) in [5, 5.41) is -0.707. The van der Waals surface area contributed by atoms with Gasteiger partial charge in [0.1, 0.15) is 0 Å². The van der Waals surface area contributed by atoms with Gasteiger partial charge in [0.15, 0.2) is 0 Å². The number of hydrogen-bond donors (Lipinski definition) is 0. The Kier molecular flexibility index (Phi) is 4.67. The first kappa shape index (κ1) is 11.5. The van der Waals surface area contributed by atoms with Crippen LogP contribution in [0.25, 0.3) is 0 Å². The average Bonchev–Trinajstić information content (AvgIpc) is 1.88. The Morgan fingerprint density at radius 3 is 2.00 bits per heavy atom. The van der Waals surface area contributed by atoms with Crippen molar-refractivity contribution in [2.75, 3.05) is 13.2 Å². The van der Waals surface area contributed by atoms with Gasteiger partial charge in [-0.1, -0.05) is 0 Å². The van der Waals surface area contributed by atoms with Gasteiger partial charge in [-0.25, -0.2) is 8.42 Å². The van der Waals surface area contributed by atoms with Gasteiger partial charge in [-0.3, -0.25) is 0 Å². The van der Waals surface area contributed by atoms with Crippen molar-refractivity contribution in [2.45, 2.75) is 18.1 Å². The van der Waals surface area contributed by atoms with Crippen LogP contribution in [0.3, 0.4) is 0 Å². The predicted octanol–water partition coefficient (Wildman–Crippen LogP) is -3.29. The van der Waals surface area contributed by atoms with Gasteiger partial charge in [0.2, 0.25) is 0 Å². The molecule has 6 heteroatoms. The molecule has 60 valence electrons. The van der Waals surface area contributed by atoms with E-state index in [-0.39, 0.29) is 18.9 Å². The molecule has 0 aromatic heterocycles. The smallest absolute Gasteiger partial charge is 0.748 e. The van der Waals surface area contributed by atoms with Crippen LogP contribution in [0.15, 0.2) is 0 Å². The Morgan fingerprint density at radius 2 is 1.73 bits per heavy atom. The molecule has 0 aromatic carbocycles. The van der Waals surface area contributed by atoms with Crippen LogP contribution in [-0.4, -0.2) is 31.4 Å². The molecule has 0 N–H and O–H groups in total. The Balaban J connectivity index is 0.000001000. The van der Waals surface area contributed by atoms with Crippen LogP contribution in [0.2, 0.25) is 0 Å². The monoisotopic (exact) mass is 172 g/mol. The molecule has 0 aromatic rings. The summed E-state index contributed by atoms with van der Waals surface area (Å²) < 4.78 is 36.0. The molecule has 1 aliphatic rings. The zero-order valence-electron chi connectivity index (χ0n) is 6.45. The van der Waals surface area contributed by atoms with Crippen molar-refractivity contribution < 1.29 is 36.6 Å². The van der Waals surface area contributed by atoms with Crippen molar-refractivity contribution in [3.8, 4) is 0 Å². The maximum atomic E-state index is 10.4. The molecule has 0 bridgehead atoms. The van der Waals surface area contributed by atoms with E-state index < -0.39 is 15.4 Å². The van der Waals surface area contributed by atoms with Crippen LogP contribution in [-0.2, 0) is 14.9 Å². The fourth-order valence-corrected chi connectivity index (χ4v) is 1.73. The minimum absolute atomic E-state index is 0. The third-order valence-corrected chi connectivity index (χ3v) is 2.86. The summed E-state index contributed by atoms with van der Waals surface area (Å²) in [4.78, 5) is 0. The maximum Gasteiger partial charge on any atom is 1.00 e. The van der Waals surface area contributed by atoms with E-state index in [0.717, 1.165) is 0 Å². The van der Waals surface area contributed by atoms with E-state index in [1.165, 1.54) is 0 Å². The van der Waals surface area contributed by atoms with E-state index in [9.17, 15) is 13.0 Å². The molecular weight excluding hydrogens is 163 g/mol. The Hall–Kier alpha value is 0.467. The second-order valence-corrected chi connectivity index (χ2v) is 3.96. The van der Waals surface area contributed by atoms with Crippen LogP contribution < -0.4 is 18.9 Å². The van der Waals surface area contributed by atoms with Crippen molar-refractivity contribution in [3.63, 3.8) is 0 Å². The van der Waals surface area contributed by atoms with Crippen LogP contribution in [0, 0.1) is 0 Å². The summed E-state index contributed by atoms with van der Waals surface area (Å²) in [5.74, 6) is 0. The van der Waals surface area contributed by atoms with Gasteiger partial charge in [0.05, 0.1) is 15.4 Å². The molecule has 11 heavy (non-hydrogen) atoms. The van der Waals surface area contributed by atoms with Gasteiger partial charge in [-0.2, -0.15) is 0 Å². The summed E-state index contributed by atoms with van der Waals surface area (Å²) >= 11 is 0. The van der Waals surface area contributed by atoms with Gasteiger partial charge >= 0.3 is 18.9 Å². The number of ether oxygens (including phenoxy) is 1. The average molecular weight is 172 g/mol. The van der Waals surface area contributed by atoms with E-state index in [2.05, 4.69) is 0 Å². The molecule has 0 saturated carbocycles. The molecule has 1 fully saturated rings. The summed E-state index contributed by atoms with van der Waals surface area (Å²) in [7, 11) is -4.06. The van der Waals surface area contributed by atoms with Crippen LogP contribution in [0.1, 0.15) is 12.8 Å². The predicted molar refractivity (Wildman–Crippen MR) is 33.5 cm³/mol. The van der Waals surface area contributed by atoms with E-state index in [1.807, 2.05) is 0 Å². The summed E-state index contributed by atoms with van der Waals surface area (Å²) in [5.41, 5.74) is 0. The second kappa shape index (κ2) is 4.48. The minimum atomic E-state index is -4.06. The molecular formula is C5H9LiO4S. The van der Waals surface area contributed by atoms with Gasteiger partial charge in [0.25, 0.3) is 0 Å². The molecule has 0 atom stereocenters. The molecule has 0 radical (unpaired) electrons. The van der Waals surface area contributed by atoms with E-state index in [1.54, 1.807) is 0 Å². The first-order valence-electron chi connectivity index (χ1n) is 3.13. The van der Waals surface area contributed by atoms with Gasteiger partial charge in [0, 0.05) is 13.2 Å². The maximum absolute atomic E-state index is 10.4. The zero-order valence-corrected chi connectivity index (χ0v) is 7.26. The minimum Gasteiger partial charge on any atom is -0.748 e. The van der Waals surface area contributed by atoms with Crippen molar-refractivity contribution in [2.24, 2.45) is 0 Å². The van der Waals surface area contributed by atoms with Gasteiger partial charge in [-0.15, -0.1) is 0 Å². The molecule has 4 nitrogen and oxygen atoms in total. The van der Waals surface area contributed by atoms with Crippen molar-refractivity contribution in [3.05, 3.63) is 0 Å². The standard InChI is InChI=1S/C5H10O4S.Li/c6-10(7,8)5-1-3-9-4-2-5;/h5H,1-4H2,(H,6,7,8);/q;+1/p-1. The molecule has 1 heterocycles. The molecule has 0 spiro atoms. The van der Waals surface area contributed by atoms with E-state index in [0.29, 0.717) is 26.1 Å². The Labute approximate surface area is 78.2 Å². The third-order valence-electron chi connectivity index (χ3n) is 1.58. The van der Waals surface area contributed by atoms with Crippen LogP contribution >= 0.6 is 0 Å². The molecule has 0 amide bonds. The number of hydrogen-bond acceptors (Lipinski definition) is 4. The molecule has 1 aliphatic heterocycles. The molecule has 1 rings (SSSR count). The SMILES string of the molecule is O=S(=O)([O-])C1CCOCC1.[Li+]. The van der Waals surface area contributed by atoms with E-state index in [4.69, 9.17) is 4.74 Å².